The second-order valence-corrected chi connectivity index (χ2v) is 10.2. The van der Waals surface area contributed by atoms with Crippen molar-refractivity contribution in [2.75, 3.05) is 31.6 Å². The third-order valence-corrected chi connectivity index (χ3v) is 6.55. The molecule has 2 unspecified atom stereocenters. The normalized spacial score (nSPS) is 21.9. The topological polar surface area (TPSA) is 126 Å². The molecule has 3 N–H and O–H groups in total. The van der Waals surface area contributed by atoms with Crippen molar-refractivity contribution < 1.29 is 19.4 Å². The highest BCUT2D eigenvalue weighted by Gasteiger charge is 2.52. The first-order valence-corrected chi connectivity index (χ1v) is 11.9. The number of ether oxygens (including phenoxy) is 1. The number of amides is 2. The van der Waals surface area contributed by atoms with Crippen LogP contribution in [0.25, 0.3) is 5.69 Å². The van der Waals surface area contributed by atoms with Gasteiger partial charge in [-0.15, -0.1) is 0 Å². The van der Waals surface area contributed by atoms with Crippen LogP contribution in [-0.2, 0) is 16.0 Å². The standard InChI is InChI=1S/C25H33N5O5/c1-24(2,3)35-23(34)29-14-11-25(16-29)10-12-26-20(25)21(32)27-19-8-13-30(22(33)28-19)18-6-4-17(5-7-18)9-15-31/h4-8,13,20,26,31H,9-12,14-16H2,1-3H3,(H,27,28,32,33). The first-order chi connectivity index (χ1) is 16.6. The van der Waals surface area contributed by atoms with Crippen molar-refractivity contribution in [1.82, 2.24) is 19.8 Å². The Balaban J connectivity index is 1.43. The fourth-order valence-corrected chi connectivity index (χ4v) is 4.83. The summed E-state index contributed by atoms with van der Waals surface area (Å²) in [6.45, 7) is 7.19. The molecule has 1 spiro atoms. The third kappa shape index (κ3) is 5.54. The maximum atomic E-state index is 13.2. The number of benzene rings is 1. The highest BCUT2D eigenvalue weighted by Crippen LogP contribution is 2.41. The zero-order valence-electron chi connectivity index (χ0n) is 20.4. The highest BCUT2D eigenvalue weighted by molar-refractivity contribution is 5.95. The predicted molar refractivity (Wildman–Crippen MR) is 131 cm³/mol. The van der Waals surface area contributed by atoms with Crippen LogP contribution in [0.4, 0.5) is 10.6 Å². The molecular weight excluding hydrogens is 450 g/mol. The van der Waals surface area contributed by atoms with E-state index in [1.807, 2.05) is 32.9 Å². The van der Waals surface area contributed by atoms with E-state index < -0.39 is 17.3 Å². The molecule has 0 bridgehead atoms. The highest BCUT2D eigenvalue weighted by atomic mass is 16.6. The second-order valence-electron chi connectivity index (χ2n) is 10.2. The number of nitrogens with zero attached hydrogens (tertiary/aromatic N) is 3. The van der Waals surface area contributed by atoms with Gasteiger partial charge < -0.3 is 25.4 Å². The first kappa shape index (κ1) is 24.9. The minimum atomic E-state index is -0.578. The van der Waals surface area contributed by atoms with Crippen LogP contribution in [0.5, 0.6) is 0 Å². The lowest BCUT2D eigenvalue weighted by molar-refractivity contribution is -0.120. The van der Waals surface area contributed by atoms with Gasteiger partial charge in [0.25, 0.3) is 0 Å². The molecular formula is C25H33N5O5. The van der Waals surface area contributed by atoms with Gasteiger partial charge in [-0.05, 0) is 70.3 Å². The van der Waals surface area contributed by atoms with Crippen molar-refractivity contribution in [2.24, 2.45) is 5.41 Å². The summed E-state index contributed by atoms with van der Waals surface area (Å²) < 4.78 is 6.90. The van der Waals surface area contributed by atoms with Crippen molar-refractivity contribution in [3.05, 3.63) is 52.6 Å². The Morgan fingerprint density at radius 3 is 2.63 bits per heavy atom. The monoisotopic (exact) mass is 483 g/mol. The summed E-state index contributed by atoms with van der Waals surface area (Å²) in [5, 5.41) is 15.1. The van der Waals surface area contributed by atoms with E-state index >= 15 is 0 Å². The fraction of sp³-hybridized carbons (Fsp3) is 0.520. The molecule has 2 amide bonds. The van der Waals surface area contributed by atoms with Gasteiger partial charge >= 0.3 is 11.8 Å². The fourth-order valence-electron chi connectivity index (χ4n) is 4.83. The van der Waals surface area contributed by atoms with Gasteiger partial charge in [0.05, 0.1) is 11.7 Å². The van der Waals surface area contributed by atoms with Gasteiger partial charge in [-0.1, -0.05) is 12.1 Å². The van der Waals surface area contributed by atoms with E-state index in [1.54, 1.807) is 29.3 Å². The van der Waals surface area contributed by atoms with Gasteiger partial charge in [-0.25, -0.2) is 9.59 Å². The zero-order valence-corrected chi connectivity index (χ0v) is 20.4. The number of carbonyl (C=O) groups is 2. The molecule has 0 radical (unpaired) electrons. The number of rotatable bonds is 5. The molecule has 3 heterocycles. The summed E-state index contributed by atoms with van der Waals surface area (Å²) in [5.41, 5.74) is 0.142. The molecule has 10 nitrogen and oxygen atoms in total. The van der Waals surface area contributed by atoms with Gasteiger partial charge in [0, 0.05) is 31.3 Å². The molecule has 2 aliphatic heterocycles. The van der Waals surface area contributed by atoms with E-state index in [9.17, 15) is 14.4 Å². The molecule has 35 heavy (non-hydrogen) atoms. The van der Waals surface area contributed by atoms with Gasteiger partial charge in [0.15, 0.2) is 0 Å². The Kier molecular flexibility index (Phi) is 6.95. The largest absolute Gasteiger partial charge is 0.444 e. The van der Waals surface area contributed by atoms with E-state index in [0.717, 1.165) is 12.0 Å². The lowest BCUT2D eigenvalue weighted by atomic mass is 9.79. The number of hydrogen-bond acceptors (Lipinski definition) is 7. The zero-order chi connectivity index (χ0) is 25.2. The van der Waals surface area contributed by atoms with E-state index in [0.29, 0.717) is 38.2 Å². The lowest BCUT2D eigenvalue weighted by Crippen LogP contribution is -2.48. The van der Waals surface area contributed by atoms with Crippen molar-refractivity contribution >= 4 is 17.8 Å². The Morgan fingerprint density at radius 1 is 1.23 bits per heavy atom. The van der Waals surface area contributed by atoms with E-state index in [2.05, 4.69) is 15.6 Å². The molecule has 2 saturated heterocycles. The molecule has 2 aliphatic rings. The summed E-state index contributed by atoms with van der Waals surface area (Å²) in [6.07, 6.45) is 3.22. The number of aliphatic hydroxyl groups excluding tert-OH is 1. The molecule has 0 aliphatic carbocycles. The van der Waals surface area contributed by atoms with Crippen LogP contribution in [0.2, 0.25) is 0 Å². The third-order valence-electron chi connectivity index (χ3n) is 6.55. The van der Waals surface area contributed by atoms with Gasteiger partial charge in [0.2, 0.25) is 5.91 Å². The Labute approximate surface area is 204 Å². The summed E-state index contributed by atoms with van der Waals surface area (Å²) in [7, 11) is 0. The number of carbonyl (C=O) groups excluding carboxylic acids is 2. The van der Waals surface area contributed by atoms with Gasteiger partial charge in [0.1, 0.15) is 11.4 Å². The summed E-state index contributed by atoms with van der Waals surface area (Å²) in [5.74, 6) is -0.0921. The summed E-state index contributed by atoms with van der Waals surface area (Å²) >= 11 is 0. The first-order valence-electron chi connectivity index (χ1n) is 11.9. The molecule has 4 rings (SSSR count). The maximum Gasteiger partial charge on any atom is 0.410 e. The number of aliphatic hydroxyl groups is 1. The molecule has 188 valence electrons. The molecule has 2 aromatic rings. The van der Waals surface area contributed by atoms with Crippen molar-refractivity contribution in [1.29, 1.82) is 0 Å². The van der Waals surface area contributed by atoms with Crippen LogP contribution in [0, 0.1) is 5.41 Å². The second kappa shape index (κ2) is 9.79. The Bertz CT molecular complexity index is 1140. The Hall–Kier alpha value is -3.24. The molecule has 1 aromatic heterocycles. The molecule has 2 atom stereocenters. The number of anilines is 1. The molecule has 1 aromatic carbocycles. The molecule has 10 heteroatoms. The average molecular weight is 484 g/mol. The van der Waals surface area contributed by atoms with Crippen molar-refractivity contribution in [3.8, 4) is 5.69 Å². The molecule has 0 saturated carbocycles. The van der Waals surface area contributed by atoms with Crippen LogP contribution in [0.3, 0.4) is 0 Å². The number of likely N-dealkylation sites (tertiary alicyclic amines) is 1. The van der Waals surface area contributed by atoms with E-state index in [-0.39, 0.29) is 29.8 Å². The number of hydrogen-bond donors (Lipinski definition) is 3. The predicted octanol–water partition coefficient (Wildman–Crippen LogP) is 1.69. The minimum Gasteiger partial charge on any atom is -0.444 e. The van der Waals surface area contributed by atoms with Crippen molar-refractivity contribution in [3.63, 3.8) is 0 Å². The SMILES string of the molecule is CC(C)(C)OC(=O)N1CCC2(CCNC2C(=O)Nc2ccn(-c3ccc(CCO)cc3)c(=O)n2)C1. The van der Waals surface area contributed by atoms with Crippen LogP contribution in [-0.4, -0.2) is 69.4 Å². The summed E-state index contributed by atoms with van der Waals surface area (Å²) in [6, 6.07) is 8.36. The number of aromatic nitrogens is 2. The van der Waals surface area contributed by atoms with Crippen molar-refractivity contribution in [2.45, 2.75) is 51.7 Å². The lowest BCUT2D eigenvalue weighted by Gasteiger charge is -2.30. The smallest absolute Gasteiger partial charge is 0.410 e. The van der Waals surface area contributed by atoms with Crippen LogP contribution < -0.4 is 16.3 Å². The quantitative estimate of drug-likeness (QED) is 0.591. The Morgan fingerprint density at radius 2 is 1.97 bits per heavy atom. The molecule has 2 fully saturated rings. The van der Waals surface area contributed by atoms with E-state index in [4.69, 9.17) is 9.84 Å². The summed E-state index contributed by atoms with van der Waals surface area (Å²) in [4.78, 5) is 44.0. The van der Waals surface area contributed by atoms with Gasteiger partial charge in [-0.2, -0.15) is 4.98 Å². The van der Waals surface area contributed by atoms with Gasteiger partial charge in [-0.3, -0.25) is 9.36 Å². The van der Waals surface area contributed by atoms with E-state index in [1.165, 1.54) is 4.57 Å². The van der Waals surface area contributed by atoms with Crippen LogP contribution in [0.15, 0.2) is 41.3 Å². The maximum absolute atomic E-state index is 13.2. The van der Waals surface area contributed by atoms with Crippen LogP contribution >= 0.6 is 0 Å². The number of nitrogens with one attached hydrogen (secondary N) is 2. The van der Waals surface area contributed by atoms with Crippen LogP contribution in [0.1, 0.15) is 39.2 Å². The minimum absolute atomic E-state index is 0.0609. The average Bonchev–Trinajstić information content (AvgIpc) is 3.41.